The monoisotopic (exact) mass is 388 g/mol. The molecule has 0 radical (unpaired) electrons. The average molecular weight is 388 g/mol. The molecular weight excluding hydrogens is 368 g/mol. The van der Waals surface area contributed by atoms with E-state index in [0.29, 0.717) is 22.1 Å². The van der Waals surface area contributed by atoms with Gasteiger partial charge in [0.1, 0.15) is 23.8 Å². The van der Waals surface area contributed by atoms with Crippen LogP contribution >= 0.6 is 0 Å². The number of esters is 1. The number of anilines is 1. The molecule has 0 spiro atoms. The lowest BCUT2D eigenvalue weighted by Gasteiger charge is -2.12. The van der Waals surface area contributed by atoms with Crippen LogP contribution < -0.4 is 10.5 Å². The average Bonchev–Trinajstić information content (AvgIpc) is 2.69. The second kappa shape index (κ2) is 8.44. The quantitative estimate of drug-likeness (QED) is 0.286. The Balaban J connectivity index is 1.80. The maximum atomic E-state index is 12.4. The summed E-state index contributed by atoms with van der Waals surface area (Å²) in [6.45, 7) is 1.75. The molecular formula is C23H20N2O4. The Morgan fingerprint density at radius 1 is 1.17 bits per heavy atom. The maximum Gasteiger partial charge on any atom is 0.349 e. The third kappa shape index (κ3) is 4.71. The summed E-state index contributed by atoms with van der Waals surface area (Å²) in [6.07, 6.45) is 1.47. The highest BCUT2D eigenvalue weighted by atomic mass is 16.5. The van der Waals surface area contributed by atoms with Crippen LogP contribution in [0.2, 0.25) is 0 Å². The maximum absolute atomic E-state index is 12.4. The molecule has 146 valence electrons. The lowest BCUT2D eigenvalue weighted by molar-refractivity contribution is -0.139. The van der Waals surface area contributed by atoms with E-state index in [2.05, 4.69) is 0 Å². The fourth-order valence-electron chi connectivity index (χ4n) is 2.85. The van der Waals surface area contributed by atoms with E-state index >= 15 is 0 Å². The van der Waals surface area contributed by atoms with Gasteiger partial charge in [0.2, 0.25) is 0 Å². The minimum atomic E-state index is -0.752. The van der Waals surface area contributed by atoms with Crippen LogP contribution in [0.25, 0.3) is 17.0 Å². The van der Waals surface area contributed by atoms with Gasteiger partial charge in [0.15, 0.2) is 0 Å². The van der Waals surface area contributed by atoms with Crippen LogP contribution in [0.1, 0.15) is 16.7 Å². The van der Waals surface area contributed by atoms with Gasteiger partial charge in [-0.05, 0) is 42.3 Å². The van der Waals surface area contributed by atoms with Gasteiger partial charge >= 0.3 is 11.6 Å². The molecule has 0 aliphatic heterocycles. The van der Waals surface area contributed by atoms with Gasteiger partial charge in [-0.25, -0.2) is 9.59 Å². The Labute approximate surface area is 168 Å². The van der Waals surface area contributed by atoms with E-state index in [9.17, 15) is 14.9 Å². The molecule has 1 heterocycles. The molecule has 3 aromatic rings. The van der Waals surface area contributed by atoms with Gasteiger partial charge in [0, 0.05) is 36.8 Å². The summed E-state index contributed by atoms with van der Waals surface area (Å²) < 4.78 is 10.5. The second-order valence-electron chi connectivity index (χ2n) is 6.82. The normalized spacial score (nSPS) is 11.2. The van der Waals surface area contributed by atoms with Crippen LogP contribution in [0, 0.1) is 18.3 Å². The first-order valence-electron chi connectivity index (χ1n) is 8.97. The van der Waals surface area contributed by atoms with Crippen molar-refractivity contribution in [2.75, 3.05) is 19.0 Å². The van der Waals surface area contributed by atoms with Crippen molar-refractivity contribution in [1.82, 2.24) is 0 Å². The van der Waals surface area contributed by atoms with E-state index in [0.717, 1.165) is 11.3 Å². The minimum absolute atomic E-state index is 0.120. The summed E-state index contributed by atoms with van der Waals surface area (Å²) in [5.41, 5.74) is 2.98. The SMILES string of the molecule is Cc1ccc2c(COC(=O)C(C#N)=Cc3ccc(N(C)C)cc3)cc(=O)oc2c1. The first-order chi connectivity index (χ1) is 13.9. The van der Waals surface area contributed by atoms with E-state index < -0.39 is 11.6 Å². The first-order valence-corrected chi connectivity index (χ1v) is 8.97. The number of aryl methyl sites for hydroxylation is 1. The summed E-state index contributed by atoms with van der Waals surface area (Å²) in [6, 6.07) is 16.0. The predicted octanol–water partition coefficient (Wildman–Crippen LogP) is 3.82. The fourth-order valence-corrected chi connectivity index (χ4v) is 2.85. The number of hydrogen-bond donors (Lipinski definition) is 0. The Hall–Kier alpha value is -3.85. The van der Waals surface area contributed by atoms with Crippen molar-refractivity contribution in [3.05, 3.63) is 81.2 Å². The Bertz CT molecular complexity index is 1180. The molecule has 1 aromatic heterocycles. The lowest BCUT2D eigenvalue weighted by atomic mass is 10.1. The Morgan fingerprint density at radius 3 is 2.55 bits per heavy atom. The number of nitrogens with zero attached hydrogens (tertiary/aromatic N) is 2. The van der Waals surface area contributed by atoms with E-state index in [1.807, 2.05) is 68.4 Å². The van der Waals surface area contributed by atoms with Gasteiger partial charge in [-0.2, -0.15) is 5.26 Å². The van der Waals surface area contributed by atoms with E-state index in [1.54, 1.807) is 6.07 Å². The zero-order chi connectivity index (χ0) is 21.0. The van der Waals surface area contributed by atoms with Crippen molar-refractivity contribution >= 4 is 28.7 Å². The molecule has 0 aliphatic carbocycles. The Morgan fingerprint density at radius 2 is 1.90 bits per heavy atom. The molecule has 6 heteroatoms. The van der Waals surface area contributed by atoms with E-state index in [-0.39, 0.29) is 12.2 Å². The molecule has 0 saturated carbocycles. The topological polar surface area (TPSA) is 83.5 Å². The molecule has 0 saturated heterocycles. The first kappa shape index (κ1) is 19.9. The van der Waals surface area contributed by atoms with Crippen LogP contribution in [0.3, 0.4) is 0 Å². The zero-order valence-electron chi connectivity index (χ0n) is 16.4. The Kier molecular flexibility index (Phi) is 5.79. The molecule has 3 rings (SSSR count). The molecule has 0 unspecified atom stereocenters. The van der Waals surface area contributed by atoms with Gasteiger partial charge in [0.05, 0.1) is 0 Å². The highest BCUT2D eigenvalue weighted by Crippen LogP contribution is 2.20. The molecule has 29 heavy (non-hydrogen) atoms. The molecule has 0 fully saturated rings. The molecule has 2 aromatic carbocycles. The van der Waals surface area contributed by atoms with Crippen LogP contribution in [-0.4, -0.2) is 20.1 Å². The summed E-state index contributed by atoms with van der Waals surface area (Å²) in [4.78, 5) is 26.1. The molecule has 6 nitrogen and oxygen atoms in total. The minimum Gasteiger partial charge on any atom is -0.457 e. The number of ether oxygens (including phenoxy) is 1. The fraction of sp³-hybridized carbons (Fsp3) is 0.174. The summed E-state index contributed by atoms with van der Waals surface area (Å²) in [5.74, 6) is -0.752. The largest absolute Gasteiger partial charge is 0.457 e. The summed E-state index contributed by atoms with van der Waals surface area (Å²) in [5, 5.41) is 10.0. The standard InChI is InChI=1S/C23H20N2O4/c1-15-4-9-20-18(12-22(26)29-21(20)10-15)14-28-23(27)17(13-24)11-16-5-7-19(8-6-16)25(2)3/h4-12H,14H2,1-3H3. The predicted molar refractivity (Wildman–Crippen MR) is 111 cm³/mol. The second-order valence-corrected chi connectivity index (χ2v) is 6.82. The molecule has 0 bridgehead atoms. The van der Waals surface area contributed by atoms with E-state index in [1.165, 1.54) is 12.1 Å². The summed E-state index contributed by atoms with van der Waals surface area (Å²) >= 11 is 0. The van der Waals surface area contributed by atoms with Crippen LogP contribution in [-0.2, 0) is 16.1 Å². The number of hydrogen-bond acceptors (Lipinski definition) is 6. The van der Waals surface area contributed by atoms with Gasteiger partial charge in [-0.1, -0.05) is 24.3 Å². The number of carbonyl (C=O) groups is 1. The molecule has 0 N–H and O–H groups in total. The third-order valence-electron chi connectivity index (χ3n) is 4.41. The van der Waals surface area contributed by atoms with Crippen LogP contribution in [0.15, 0.2) is 63.3 Å². The lowest BCUT2D eigenvalue weighted by Crippen LogP contribution is -2.09. The van der Waals surface area contributed by atoms with Gasteiger partial charge < -0.3 is 14.1 Å². The van der Waals surface area contributed by atoms with Crippen LogP contribution in [0.4, 0.5) is 5.69 Å². The van der Waals surface area contributed by atoms with Gasteiger partial charge in [0.25, 0.3) is 0 Å². The van der Waals surface area contributed by atoms with Crippen molar-refractivity contribution in [2.45, 2.75) is 13.5 Å². The number of benzene rings is 2. The zero-order valence-corrected chi connectivity index (χ0v) is 16.4. The highest BCUT2D eigenvalue weighted by molar-refractivity contribution is 5.98. The van der Waals surface area contributed by atoms with Crippen LogP contribution in [0.5, 0.6) is 0 Å². The van der Waals surface area contributed by atoms with E-state index in [4.69, 9.17) is 9.15 Å². The number of rotatable bonds is 5. The summed E-state index contributed by atoms with van der Waals surface area (Å²) in [7, 11) is 3.86. The smallest absolute Gasteiger partial charge is 0.349 e. The van der Waals surface area contributed by atoms with Crippen molar-refractivity contribution in [3.8, 4) is 6.07 Å². The number of fused-ring (bicyclic) bond motifs is 1. The molecule has 0 aliphatic rings. The molecule has 0 atom stereocenters. The highest BCUT2D eigenvalue weighted by Gasteiger charge is 2.13. The van der Waals surface area contributed by atoms with Crippen molar-refractivity contribution < 1.29 is 13.9 Å². The number of carbonyl (C=O) groups excluding carboxylic acids is 1. The third-order valence-corrected chi connectivity index (χ3v) is 4.41. The molecule has 0 amide bonds. The van der Waals surface area contributed by atoms with Gasteiger partial charge in [-0.3, -0.25) is 0 Å². The van der Waals surface area contributed by atoms with Gasteiger partial charge in [-0.15, -0.1) is 0 Å². The van der Waals surface area contributed by atoms with Crippen molar-refractivity contribution in [2.24, 2.45) is 0 Å². The van der Waals surface area contributed by atoms with Crippen molar-refractivity contribution in [3.63, 3.8) is 0 Å². The number of nitriles is 1. The van der Waals surface area contributed by atoms with Crippen molar-refractivity contribution in [1.29, 1.82) is 5.26 Å².